The molecule has 0 saturated carbocycles. The van der Waals surface area contributed by atoms with E-state index in [0.717, 1.165) is 13.0 Å². The summed E-state index contributed by atoms with van der Waals surface area (Å²) in [5.41, 5.74) is 0. The van der Waals surface area contributed by atoms with Crippen LogP contribution in [0, 0.1) is 5.21 Å². The molecule has 0 atom stereocenters. The number of ether oxygens (including phenoxy) is 1. The highest BCUT2D eigenvalue weighted by Crippen LogP contribution is 2.11. The number of quaternary nitrogens is 1. The number of hydrogen-bond donors (Lipinski definition) is 2. The van der Waals surface area contributed by atoms with E-state index < -0.39 is 4.65 Å². The fourth-order valence-corrected chi connectivity index (χ4v) is 3.13. The van der Waals surface area contributed by atoms with Crippen LogP contribution in [0.25, 0.3) is 0 Å². The van der Waals surface area contributed by atoms with Gasteiger partial charge in [-0.25, -0.2) is 0 Å². The molecule has 0 rings (SSSR count). The molecule has 0 aromatic heterocycles. The van der Waals surface area contributed by atoms with E-state index in [1.807, 2.05) is 0 Å². The van der Waals surface area contributed by atoms with Crippen LogP contribution in [0.2, 0.25) is 0 Å². The lowest BCUT2D eigenvalue weighted by Gasteiger charge is -2.41. The zero-order valence-corrected chi connectivity index (χ0v) is 16.6. The van der Waals surface area contributed by atoms with Gasteiger partial charge in [-0.2, -0.15) is 0 Å². The standard InChI is InChI=1S/C20H43NO4/c1-2-3-4-5-6-7-8-9-10-11-12-19-25-20-13-14-21(24,15-17-22)16-18-23/h22-23H,2-20H2,1H3. The molecule has 0 aromatic carbocycles. The van der Waals surface area contributed by atoms with Gasteiger partial charge in [0.25, 0.3) is 0 Å². The highest BCUT2D eigenvalue weighted by atomic mass is 16.5. The van der Waals surface area contributed by atoms with Gasteiger partial charge in [0, 0.05) is 13.0 Å². The zero-order valence-electron chi connectivity index (χ0n) is 16.6. The van der Waals surface area contributed by atoms with Crippen LogP contribution in [0.15, 0.2) is 0 Å². The molecule has 25 heavy (non-hydrogen) atoms. The number of aliphatic hydroxyl groups excluding tert-OH is 2. The predicted octanol–water partition coefficient (Wildman–Crippen LogP) is 4.00. The van der Waals surface area contributed by atoms with Crippen LogP contribution >= 0.6 is 0 Å². The third-order valence-electron chi connectivity index (χ3n) is 4.76. The Labute approximate surface area is 155 Å². The molecule has 5 nitrogen and oxygen atoms in total. The van der Waals surface area contributed by atoms with E-state index >= 15 is 0 Å². The highest BCUT2D eigenvalue weighted by molar-refractivity contribution is 4.49. The Hall–Kier alpha value is -0.200. The van der Waals surface area contributed by atoms with Gasteiger partial charge in [0.15, 0.2) is 0 Å². The fraction of sp³-hybridized carbons (Fsp3) is 1.00. The summed E-state index contributed by atoms with van der Waals surface area (Å²) in [4.78, 5) is 0. The van der Waals surface area contributed by atoms with Gasteiger partial charge in [0.2, 0.25) is 0 Å². The van der Waals surface area contributed by atoms with Crippen molar-refractivity contribution in [3.8, 4) is 0 Å². The maximum absolute atomic E-state index is 12.2. The molecule has 0 radical (unpaired) electrons. The van der Waals surface area contributed by atoms with Crippen molar-refractivity contribution < 1.29 is 19.6 Å². The van der Waals surface area contributed by atoms with Crippen molar-refractivity contribution in [1.82, 2.24) is 0 Å². The molecule has 0 heterocycles. The number of rotatable bonds is 20. The first-order valence-electron chi connectivity index (χ1n) is 10.5. The summed E-state index contributed by atoms with van der Waals surface area (Å²) < 4.78 is 5.08. The maximum Gasteiger partial charge on any atom is 0.102 e. The molecule has 0 bridgehead atoms. The predicted molar refractivity (Wildman–Crippen MR) is 104 cm³/mol. The summed E-state index contributed by atoms with van der Waals surface area (Å²) in [6.07, 6.45) is 15.3. The van der Waals surface area contributed by atoms with E-state index in [9.17, 15) is 5.21 Å². The largest absolute Gasteiger partial charge is 0.633 e. The minimum atomic E-state index is -0.519. The third kappa shape index (κ3) is 17.0. The molecule has 0 fully saturated rings. The smallest absolute Gasteiger partial charge is 0.102 e. The summed E-state index contributed by atoms with van der Waals surface area (Å²) in [6, 6.07) is 0. The fourth-order valence-electron chi connectivity index (χ4n) is 3.13. The molecule has 0 spiro atoms. The summed E-state index contributed by atoms with van der Waals surface area (Å²) in [5, 5.41) is 30.0. The molecule has 0 unspecified atom stereocenters. The first-order valence-corrected chi connectivity index (χ1v) is 10.5. The van der Waals surface area contributed by atoms with Crippen molar-refractivity contribution >= 4 is 0 Å². The van der Waals surface area contributed by atoms with Gasteiger partial charge in [-0.3, -0.25) is 0 Å². The monoisotopic (exact) mass is 361 g/mol. The summed E-state index contributed by atoms with van der Waals surface area (Å²) in [5.74, 6) is 0. The van der Waals surface area contributed by atoms with Crippen molar-refractivity contribution in [2.45, 2.75) is 84.0 Å². The normalized spacial score (nSPS) is 12.0. The van der Waals surface area contributed by atoms with E-state index in [4.69, 9.17) is 14.9 Å². The Morgan fingerprint density at radius 1 is 0.640 bits per heavy atom. The topological polar surface area (TPSA) is 72.8 Å². The van der Waals surface area contributed by atoms with Crippen LogP contribution in [-0.2, 0) is 4.74 Å². The Morgan fingerprint density at radius 2 is 1.08 bits per heavy atom. The van der Waals surface area contributed by atoms with Crippen LogP contribution in [-0.4, -0.2) is 60.9 Å². The number of hydrogen-bond acceptors (Lipinski definition) is 4. The van der Waals surface area contributed by atoms with Gasteiger partial charge in [0.1, 0.15) is 13.1 Å². The van der Waals surface area contributed by atoms with Crippen LogP contribution in [0.3, 0.4) is 0 Å². The van der Waals surface area contributed by atoms with E-state index in [-0.39, 0.29) is 26.3 Å². The molecule has 5 heteroatoms. The second kappa shape index (κ2) is 18.6. The molecule has 0 aliphatic carbocycles. The van der Waals surface area contributed by atoms with Crippen LogP contribution in [0.4, 0.5) is 0 Å². The lowest BCUT2D eigenvalue weighted by molar-refractivity contribution is -0.881. The second-order valence-electron chi connectivity index (χ2n) is 7.18. The molecule has 0 saturated heterocycles. The van der Waals surface area contributed by atoms with Crippen LogP contribution in [0.5, 0.6) is 0 Å². The van der Waals surface area contributed by atoms with Crippen molar-refractivity contribution in [3.63, 3.8) is 0 Å². The van der Waals surface area contributed by atoms with Gasteiger partial charge in [-0.05, 0) is 6.42 Å². The zero-order chi connectivity index (χ0) is 18.6. The third-order valence-corrected chi connectivity index (χ3v) is 4.76. The van der Waals surface area contributed by atoms with Crippen molar-refractivity contribution in [3.05, 3.63) is 5.21 Å². The Morgan fingerprint density at radius 3 is 1.56 bits per heavy atom. The van der Waals surface area contributed by atoms with Gasteiger partial charge in [-0.1, -0.05) is 71.1 Å². The van der Waals surface area contributed by atoms with Crippen LogP contribution < -0.4 is 0 Å². The van der Waals surface area contributed by atoms with Gasteiger partial charge in [-0.15, -0.1) is 0 Å². The SMILES string of the molecule is CCCCCCCCCCCCCOCCC[N+]([O-])(CCO)CCO. The Kier molecular flexibility index (Phi) is 18.4. The van der Waals surface area contributed by atoms with Crippen molar-refractivity contribution in [2.75, 3.05) is 46.1 Å². The maximum atomic E-state index is 12.2. The van der Waals surface area contributed by atoms with Crippen LogP contribution in [0.1, 0.15) is 84.0 Å². The van der Waals surface area contributed by atoms with Gasteiger partial charge >= 0.3 is 0 Å². The molecule has 0 aliphatic rings. The second-order valence-corrected chi connectivity index (χ2v) is 7.18. The first kappa shape index (κ1) is 24.8. The number of hydroxylamine groups is 3. The van der Waals surface area contributed by atoms with E-state index in [0.29, 0.717) is 19.6 Å². The van der Waals surface area contributed by atoms with Gasteiger partial charge < -0.3 is 24.8 Å². The van der Waals surface area contributed by atoms with Crippen molar-refractivity contribution in [1.29, 1.82) is 0 Å². The van der Waals surface area contributed by atoms with Gasteiger partial charge in [0.05, 0.1) is 26.4 Å². The highest BCUT2D eigenvalue weighted by Gasteiger charge is 2.14. The minimum Gasteiger partial charge on any atom is -0.633 e. The lowest BCUT2D eigenvalue weighted by Crippen LogP contribution is -2.47. The first-order chi connectivity index (χ1) is 12.2. The number of unbranched alkanes of at least 4 members (excludes halogenated alkanes) is 10. The Bertz CT molecular complexity index is 258. The average molecular weight is 362 g/mol. The summed E-state index contributed by atoms with van der Waals surface area (Å²) in [6.45, 7) is 4.06. The molecule has 0 aliphatic heterocycles. The molecule has 0 amide bonds. The number of aliphatic hydroxyl groups is 2. The quantitative estimate of drug-likeness (QED) is 0.195. The molecular formula is C20H43NO4. The van der Waals surface area contributed by atoms with E-state index in [2.05, 4.69) is 6.92 Å². The summed E-state index contributed by atoms with van der Waals surface area (Å²) >= 11 is 0. The van der Waals surface area contributed by atoms with E-state index in [1.165, 1.54) is 64.2 Å². The minimum absolute atomic E-state index is 0.136. The molecular weight excluding hydrogens is 318 g/mol. The Balaban J connectivity index is 3.28. The average Bonchev–Trinajstić information content (AvgIpc) is 2.59. The molecule has 2 N–H and O–H groups in total. The molecule has 0 aromatic rings. The van der Waals surface area contributed by atoms with Crippen molar-refractivity contribution in [2.24, 2.45) is 0 Å². The molecule has 152 valence electrons. The lowest BCUT2D eigenvalue weighted by atomic mass is 10.1. The number of nitrogens with zero attached hydrogens (tertiary/aromatic N) is 1. The van der Waals surface area contributed by atoms with E-state index in [1.54, 1.807) is 0 Å². The summed E-state index contributed by atoms with van der Waals surface area (Å²) in [7, 11) is 0.